The Hall–Kier alpha value is -0.820. The maximum Gasteiger partial charge on any atom is 0.0225 e. The van der Waals surface area contributed by atoms with Crippen LogP contribution in [0.2, 0.25) is 0 Å². The Bertz CT molecular complexity index is 447. The van der Waals surface area contributed by atoms with Gasteiger partial charge in [0.15, 0.2) is 0 Å². The van der Waals surface area contributed by atoms with Gasteiger partial charge >= 0.3 is 0 Å². The van der Waals surface area contributed by atoms with E-state index in [0.717, 1.165) is 12.5 Å². The summed E-state index contributed by atoms with van der Waals surface area (Å²) in [5.74, 6) is 0.900. The summed E-state index contributed by atoms with van der Waals surface area (Å²) in [7, 11) is 0. The third-order valence-electron chi connectivity index (χ3n) is 5.47. The number of hydrogen-bond donors (Lipinski definition) is 1. The molecule has 1 aromatic carbocycles. The van der Waals surface area contributed by atoms with Gasteiger partial charge in [0.25, 0.3) is 0 Å². The molecule has 19 heavy (non-hydrogen) atoms. The minimum atomic E-state index is 0.399. The zero-order chi connectivity index (χ0) is 13.5. The second-order valence-electron chi connectivity index (χ2n) is 7.72. The Morgan fingerprint density at radius 2 is 1.68 bits per heavy atom. The summed E-state index contributed by atoms with van der Waals surface area (Å²) in [6, 6.07) is 8.96. The lowest BCUT2D eigenvalue weighted by Gasteiger charge is -2.47. The SMILES string of the molecule is CC(C)(C)C1CCC2(CC1)Cc1ccccc1CN2. The van der Waals surface area contributed by atoms with E-state index in [2.05, 4.69) is 50.4 Å². The van der Waals surface area contributed by atoms with Crippen LogP contribution in [0, 0.1) is 11.3 Å². The van der Waals surface area contributed by atoms with Crippen molar-refractivity contribution in [1.29, 1.82) is 0 Å². The van der Waals surface area contributed by atoms with Gasteiger partial charge in [0.1, 0.15) is 0 Å². The van der Waals surface area contributed by atoms with Crippen LogP contribution in [-0.2, 0) is 13.0 Å². The van der Waals surface area contributed by atoms with E-state index in [1.165, 1.54) is 37.7 Å². The van der Waals surface area contributed by atoms with Gasteiger partial charge in [0.2, 0.25) is 0 Å². The zero-order valence-electron chi connectivity index (χ0n) is 12.6. The van der Waals surface area contributed by atoms with Crippen LogP contribution in [-0.4, -0.2) is 5.54 Å². The van der Waals surface area contributed by atoms with Crippen molar-refractivity contribution in [1.82, 2.24) is 5.32 Å². The molecule has 1 N–H and O–H groups in total. The van der Waals surface area contributed by atoms with Crippen LogP contribution in [0.4, 0.5) is 0 Å². The van der Waals surface area contributed by atoms with Crippen molar-refractivity contribution < 1.29 is 0 Å². The molecule has 1 aliphatic carbocycles. The average molecular weight is 257 g/mol. The smallest absolute Gasteiger partial charge is 0.0225 e. The highest BCUT2D eigenvalue weighted by molar-refractivity contribution is 5.31. The van der Waals surface area contributed by atoms with Gasteiger partial charge < -0.3 is 5.32 Å². The number of rotatable bonds is 0. The first kappa shape index (κ1) is 13.2. The van der Waals surface area contributed by atoms with Crippen LogP contribution < -0.4 is 5.32 Å². The normalized spacial score (nSPS) is 31.2. The maximum absolute atomic E-state index is 3.86. The lowest BCUT2D eigenvalue weighted by atomic mass is 9.65. The van der Waals surface area contributed by atoms with Gasteiger partial charge in [-0.1, -0.05) is 45.0 Å². The van der Waals surface area contributed by atoms with E-state index in [-0.39, 0.29) is 0 Å². The van der Waals surface area contributed by atoms with E-state index >= 15 is 0 Å². The Kier molecular flexibility index (Phi) is 3.21. The summed E-state index contributed by atoms with van der Waals surface area (Å²) in [6.07, 6.45) is 6.71. The second-order valence-corrected chi connectivity index (χ2v) is 7.72. The molecule has 0 atom stereocenters. The fourth-order valence-electron chi connectivity index (χ4n) is 4.00. The fraction of sp³-hybridized carbons (Fsp3) is 0.667. The first-order valence-electron chi connectivity index (χ1n) is 7.80. The number of fused-ring (bicyclic) bond motifs is 1. The highest BCUT2D eigenvalue weighted by atomic mass is 15.0. The second kappa shape index (κ2) is 4.63. The molecule has 1 aromatic rings. The Morgan fingerprint density at radius 3 is 2.32 bits per heavy atom. The van der Waals surface area contributed by atoms with E-state index in [1.807, 2.05) is 0 Å². The molecule has 0 unspecified atom stereocenters. The van der Waals surface area contributed by atoms with Crippen LogP contribution in [0.1, 0.15) is 57.6 Å². The van der Waals surface area contributed by atoms with Gasteiger partial charge in [0.05, 0.1) is 0 Å². The monoisotopic (exact) mass is 257 g/mol. The largest absolute Gasteiger partial charge is 0.307 e. The highest BCUT2D eigenvalue weighted by Crippen LogP contribution is 2.43. The third kappa shape index (κ3) is 2.58. The first-order valence-corrected chi connectivity index (χ1v) is 7.80. The maximum atomic E-state index is 3.86. The van der Waals surface area contributed by atoms with Crippen molar-refractivity contribution >= 4 is 0 Å². The van der Waals surface area contributed by atoms with Gasteiger partial charge in [-0.2, -0.15) is 0 Å². The van der Waals surface area contributed by atoms with Crippen molar-refractivity contribution in [3.63, 3.8) is 0 Å². The molecule has 2 aliphatic rings. The number of hydrogen-bond acceptors (Lipinski definition) is 1. The number of benzene rings is 1. The standard InChI is InChI=1S/C18H27N/c1-17(2,3)16-8-10-18(11-9-16)12-14-6-4-5-7-15(14)13-19-18/h4-7,16,19H,8-13H2,1-3H3. The molecule has 104 valence electrons. The minimum absolute atomic E-state index is 0.399. The van der Waals surface area contributed by atoms with E-state index < -0.39 is 0 Å². The summed E-state index contributed by atoms with van der Waals surface area (Å²) in [6.45, 7) is 8.27. The summed E-state index contributed by atoms with van der Waals surface area (Å²) in [4.78, 5) is 0. The molecule has 0 amide bonds. The summed E-state index contributed by atoms with van der Waals surface area (Å²) in [5.41, 5.74) is 3.96. The van der Waals surface area contributed by atoms with Crippen molar-refractivity contribution in [3.05, 3.63) is 35.4 Å². The van der Waals surface area contributed by atoms with Crippen LogP contribution in [0.25, 0.3) is 0 Å². The molecular weight excluding hydrogens is 230 g/mol. The molecule has 0 bridgehead atoms. The predicted molar refractivity (Wildman–Crippen MR) is 81.1 cm³/mol. The van der Waals surface area contributed by atoms with Crippen molar-refractivity contribution in [2.75, 3.05) is 0 Å². The molecule has 0 radical (unpaired) electrons. The van der Waals surface area contributed by atoms with Gasteiger partial charge in [-0.25, -0.2) is 0 Å². The first-order chi connectivity index (χ1) is 8.99. The van der Waals surface area contributed by atoms with Crippen molar-refractivity contribution in [3.8, 4) is 0 Å². The Morgan fingerprint density at radius 1 is 1.05 bits per heavy atom. The summed E-state index contributed by atoms with van der Waals surface area (Å²) >= 11 is 0. The van der Waals surface area contributed by atoms with E-state index in [9.17, 15) is 0 Å². The van der Waals surface area contributed by atoms with Crippen molar-refractivity contribution in [2.45, 2.75) is 65.0 Å². The Labute approximate surface area is 117 Å². The van der Waals surface area contributed by atoms with E-state index in [0.29, 0.717) is 11.0 Å². The van der Waals surface area contributed by atoms with Gasteiger partial charge in [-0.15, -0.1) is 0 Å². The van der Waals surface area contributed by atoms with Gasteiger partial charge in [-0.05, 0) is 54.6 Å². The summed E-state index contributed by atoms with van der Waals surface area (Å²) < 4.78 is 0. The molecule has 1 spiro atoms. The van der Waals surface area contributed by atoms with Crippen LogP contribution in [0.15, 0.2) is 24.3 Å². The Balaban J connectivity index is 1.72. The molecule has 0 saturated heterocycles. The topological polar surface area (TPSA) is 12.0 Å². The molecule has 0 aromatic heterocycles. The molecule has 1 nitrogen and oxygen atoms in total. The van der Waals surface area contributed by atoms with Gasteiger partial charge in [-0.3, -0.25) is 0 Å². The van der Waals surface area contributed by atoms with E-state index in [4.69, 9.17) is 0 Å². The van der Waals surface area contributed by atoms with Gasteiger partial charge in [0, 0.05) is 12.1 Å². The quantitative estimate of drug-likeness (QED) is 0.730. The molecule has 1 heteroatoms. The predicted octanol–water partition coefficient (Wildman–Crippen LogP) is 4.31. The molecule has 1 heterocycles. The molecule has 1 saturated carbocycles. The zero-order valence-corrected chi connectivity index (χ0v) is 12.6. The molecular formula is C18H27N. The fourth-order valence-corrected chi connectivity index (χ4v) is 4.00. The lowest BCUT2D eigenvalue weighted by molar-refractivity contribution is 0.108. The highest BCUT2D eigenvalue weighted by Gasteiger charge is 2.40. The average Bonchev–Trinajstić information content (AvgIpc) is 2.38. The third-order valence-corrected chi connectivity index (χ3v) is 5.47. The van der Waals surface area contributed by atoms with Crippen LogP contribution in [0.5, 0.6) is 0 Å². The lowest BCUT2D eigenvalue weighted by Crippen LogP contribution is -2.52. The van der Waals surface area contributed by atoms with Crippen LogP contribution >= 0.6 is 0 Å². The van der Waals surface area contributed by atoms with Crippen LogP contribution in [0.3, 0.4) is 0 Å². The summed E-state index contributed by atoms with van der Waals surface area (Å²) in [5, 5.41) is 3.86. The van der Waals surface area contributed by atoms with Crippen molar-refractivity contribution in [2.24, 2.45) is 11.3 Å². The number of nitrogens with one attached hydrogen (secondary N) is 1. The van der Waals surface area contributed by atoms with E-state index in [1.54, 1.807) is 5.56 Å². The minimum Gasteiger partial charge on any atom is -0.307 e. The molecule has 3 rings (SSSR count). The molecule has 1 aliphatic heterocycles. The molecule has 1 fully saturated rings.